The lowest BCUT2D eigenvalue weighted by Gasteiger charge is -2.36. The second-order valence-corrected chi connectivity index (χ2v) is 6.15. The van der Waals surface area contributed by atoms with Crippen LogP contribution < -0.4 is 0 Å². The first-order valence-electron chi connectivity index (χ1n) is 6.99. The monoisotopic (exact) mass is 258 g/mol. The molecule has 1 atom stereocenters. The summed E-state index contributed by atoms with van der Waals surface area (Å²) in [7, 11) is 5.97. The molecule has 0 radical (unpaired) electrons. The standard InChI is InChI=1S/C14H30N2O2/c1-14(2,18-5)13(17)8-11-16-9-6-12(7-10-16)15(3)4/h12-13,17H,6-11H2,1-5H3. The summed E-state index contributed by atoms with van der Waals surface area (Å²) < 4.78 is 5.31. The topological polar surface area (TPSA) is 35.9 Å². The molecule has 1 N–H and O–H groups in total. The number of rotatable bonds is 6. The first-order chi connectivity index (χ1) is 8.36. The second kappa shape index (κ2) is 6.85. The summed E-state index contributed by atoms with van der Waals surface area (Å²) >= 11 is 0. The van der Waals surface area contributed by atoms with E-state index in [1.807, 2.05) is 13.8 Å². The van der Waals surface area contributed by atoms with Gasteiger partial charge in [-0.2, -0.15) is 0 Å². The van der Waals surface area contributed by atoms with Crippen molar-refractivity contribution >= 4 is 0 Å². The fourth-order valence-electron chi connectivity index (χ4n) is 2.45. The average Bonchev–Trinajstić information content (AvgIpc) is 2.36. The Morgan fingerprint density at radius 3 is 2.33 bits per heavy atom. The van der Waals surface area contributed by atoms with Gasteiger partial charge in [-0.15, -0.1) is 0 Å². The van der Waals surface area contributed by atoms with Gasteiger partial charge in [-0.05, 0) is 60.3 Å². The highest BCUT2D eigenvalue weighted by atomic mass is 16.5. The van der Waals surface area contributed by atoms with E-state index in [1.165, 1.54) is 12.8 Å². The first kappa shape index (κ1) is 15.9. The van der Waals surface area contributed by atoms with Crippen LogP contribution in [0.5, 0.6) is 0 Å². The minimum absolute atomic E-state index is 0.394. The maximum absolute atomic E-state index is 10.1. The van der Waals surface area contributed by atoms with Crippen molar-refractivity contribution in [3.8, 4) is 0 Å². The van der Waals surface area contributed by atoms with Crippen molar-refractivity contribution in [1.29, 1.82) is 0 Å². The molecule has 0 amide bonds. The van der Waals surface area contributed by atoms with Gasteiger partial charge in [0.15, 0.2) is 0 Å². The third kappa shape index (κ3) is 4.50. The molecule has 0 spiro atoms. The number of ether oxygens (including phenoxy) is 1. The highest BCUT2D eigenvalue weighted by molar-refractivity contribution is 4.81. The molecule has 0 aromatic heterocycles. The number of aliphatic hydroxyl groups excluding tert-OH is 1. The molecule has 1 saturated heterocycles. The molecule has 4 nitrogen and oxygen atoms in total. The molecular formula is C14H30N2O2. The Bertz CT molecular complexity index is 236. The predicted octanol–water partition coefficient (Wildman–Crippen LogP) is 1.19. The van der Waals surface area contributed by atoms with Gasteiger partial charge in [0.05, 0.1) is 11.7 Å². The molecule has 0 aliphatic carbocycles. The quantitative estimate of drug-likeness (QED) is 0.776. The molecule has 18 heavy (non-hydrogen) atoms. The minimum atomic E-state index is -0.443. The summed E-state index contributed by atoms with van der Waals surface area (Å²) in [4.78, 5) is 4.77. The van der Waals surface area contributed by atoms with Crippen LogP contribution in [-0.2, 0) is 4.74 Å². The molecular weight excluding hydrogens is 228 g/mol. The van der Waals surface area contributed by atoms with Gasteiger partial charge in [0.25, 0.3) is 0 Å². The van der Waals surface area contributed by atoms with E-state index in [4.69, 9.17) is 4.74 Å². The molecule has 1 fully saturated rings. The first-order valence-corrected chi connectivity index (χ1v) is 6.99. The molecule has 1 aliphatic rings. The average molecular weight is 258 g/mol. The molecule has 1 unspecified atom stereocenters. The van der Waals surface area contributed by atoms with Crippen LogP contribution >= 0.6 is 0 Å². The fourth-order valence-corrected chi connectivity index (χ4v) is 2.45. The minimum Gasteiger partial charge on any atom is -0.390 e. The Labute approximate surface area is 112 Å². The Balaban J connectivity index is 2.26. The zero-order valence-corrected chi connectivity index (χ0v) is 12.6. The third-order valence-electron chi connectivity index (χ3n) is 4.33. The maximum atomic E-state index is 10.1. The van der Waals surface area contributed by atoms with E-state index in [9.17, 15) is 5.11 Å². The predicted molar refractivity (Wildman–Crippen MR) is 74.9 cm³/mol. The number of hydrogen-bond acceptors (Lipinski definition) is 4. The van der Waals surface area contributed by atoms with E-state index >= 15 is 0 Å². The van der Waals surface area contributed by atoms with E-state index in [0.29, 0.717) is 0 Å². The maximum Gasteiger partial charge on any atom is 0.0880 e. The van der Waals surface area contributed by atoms with Crippen LogP contribution in [0.1, 0.15) is 33.1 Å². The molecule has 1 aliphatic heterocycles. The highest BCUT2D eigenvalue weighted by Gasteiger charge is 2.28. The summed E-state index contributed by atoms with van der Waals surface area (Å²) in [5, 5.41) is 10.1. The van der Waals surface area contributed by atoms with Crippen molar-refractivity contribution < 1.29 is 9.84 Å². The number of nitrogens with zero attached hydrogens (tertiary/aromatic N) is 2. The largest absolute Gasteiger partial charge is 0.390 e. The smallest absolute Gasteiger partial charge is 0.0880 e. The van der Waals surface area contributed by atoms with Crippen molar-refractivity contribution in [1.82, 2.24) is 9.80 Å². The zero-order valence-electron chi connectivity index (χ0n) is 12.6. The van der Waals surface area contributed by atoms with Gasteiger partial charge in [-0.3, -0.25) is 0 Å². The van der Waals surface area contributed by atoms with Gasteiger partial charge in [0.2, 0.25) is 0 Å². The number of hydrogen-bond donors (Lipinski definition) is 1. The van der Waals surface area contributed by atoms with Crippen molar-refractivity contribution in [2.45, 2.75) is 50.9 Å². The summed E-state index contributed by atoms with van der Waals surface area (Å²) in [6.45, 7) is 7.13. The van der Waals surface area contributed by atoms with Crippen LogP contribution in [0, 0.1) is 0 Å². The molecule has 1 heterocycles. The molecule has 0 aromatic carbocycles. The van der Waals surface area contributed by atoms with Crippen LogP contribution in [0.3, 0.4) is 0 Å². The van der Waals surface area contributed by atoms with E-state index in [0.717, 1.165) is 32.1 Å². The van der Waals surface area contributed by atoms with Crippen LogP contribution in [0.15, 0.2) is 0 Å². The van der Waals surface area contributed by atoms with Crippen LogP contribution in [0.2, 0.25) is 0 Å². The normalized spacial score (nSPS) is 21.5. The fraction of sp³-hybridized carbons (Fsp3) is 1.00. The molecule has 0 bridgehead atoms. The Morgan fingerprint density at radius 1 is 1.33 bits per heavy atom. The van der Waals surface area contributed by atoms with Gasteiger partial charge in [-0.1, -0.05) is 0 Å². The van der Waals surface area contributed by atoms with Gasteiger partial charge in [0.1, 0.15) is 0 Å². The molecule has 4 heteroatoms. The number of likely N-dealkylation sites (tertiary alicyclic amines) is 1. The number of aliphatic hydroxyl groups is 1. The van der Waals surface area contributed by atoms with E-state index in [2.05, 4.69) is 23.9 Å². The Kier molecular flexibility index (Phi) is 6.05. The van der Waals surface area contributed by atoms with Crippen molar-refractivity contribution in [2.75, 3.05) is 40.8 Å². The summed E-state index contributed by atoms with van der Waals surface area (Å²) in [6, 6.07) is 0.724. The zero-order chi connectivity index (χ0) is 13.8. The number of piperidine rings is 1. The van der Waals surface area contributed by atoms with E-state index < -0.39 is 11.7 Å². The van der Waals surface area contributed by atoms with Gasteiger partial charge < -0.3 is 19.6 Å². The summed E-state index contributed by atoms with van der Waals surface area (Å²) in [6.07, 6.45) is 2.86. The van der Waals surface area contributed by atoms with Crippen LogP contribution in [-0.4, -0.2) is 73.5 Å². The SMILES string of the molecule is COC(C)(C)C(O)CCN1CCC(N(C)C)CC1. The highest BCUT2D eigenvalue weighted by Crippen LogP contribution is 2.19. The van der Waals surface area contributed by atoms with Crippen molar-refractivity contribution in [2.24, 2.45) is 0 Å². The van der Waals surface area contributed by atoms with Gasteiger partial charge in [0, 0.05) is 19.7 Å². The van der Waals surface area contributed by atoms with E-state index in [1.54, 1.807) is 7.11 Å². The van der Waals surface area contributed by atoms with Gasteiger partial charge in [-0.25, -0.2) is 0 Å². The molecule has 108 valence electrons. The van der Waals surface area contributed by atoms with Crippen LogP contribution in [0.25, 0.3) is 0 Å². The van der Waals surface area contributed by atoms with Crippen LogP contribution in [0.4, 0.5) is 0 Å². The lowest BCUT2D eigenvalue weighted by molar-refractivity contribution is -0.0829. The third-order valence-corrected chi connectivity index (χ3v) is 4.33. The summed E-state index contributed by atoms with van der Waals surface area (Å²) in [5.41, 5.74) is -0.443. The number of methoxy groups -OCH3 is 1. The van der Waals surface area contributed by atoms with E-state index in [-0.39, 0.29) is 0 Å². The lowest BCUT2D eigenvalue weighted by atomic mass is 9.97. The van der Waals surface area contributed by atoms with Gasteiger partial charge >= 0.3 is 0 Å². The lowest BCUT2D eigenvalue weighted by Crippen LogP contribution is -2.45. The van der Waals surface area contributed by atoms with Crippen molar-refractivity contribution in [3.63, 3.8) is 0 Å². The summed E-state index contributed by atoms with van der Waals surface area (Å²) in [5.74, 6) is 0. The molecule has 0 aromatic rings. The van der Waals surface area contributed by atoms with Crippen molar-refractivity contribution in [3.05, 3.63) is 0 Å². The second-order valence-electron chi connectivity index (χ2n) is 6.15. The molecule has 0 saturated carbocycles. The Morgan fingerprint density at radius 2 is 1.89 bits per heavy atom. The molecule has 1 rings (SSSR count). The Hall–Kier alpha value is -0.160.